The van der Waals surface area contributed by atoms with Crippen LogP contribution in [-0.2, 0) is 22.7 Å². The van der Waals surface area contributed by atoms with E-state index in [-0.39, 0.29) is 23.5 Å². The fourth-order valence-corrected chi connectivity index (χ4v) is 4.02. The fourth-order valence-electron chi connectivity index (χ4n) is 2.67. The number of H-pyrrole nitrogens is 1. The van der Waals surface area contributed by atoms with Crippen LogP contribution in [0.15, 0.2) is 53.6 Å². The molecule has 31 heavy (non-hydrogen) atoms. The largest absolute Gasteiger partial charge is 0.416 e. The number of hydrogen-bond donors (Lipinski definition) is 3. The van der Waals surface area contributed by atoms with Gasteiger partial charge in [-0.2, -0.15) is 26.7 Å². The third-order valence-electron chi connectivity index (χ3n) is 4.23. The number of rotatable bonds is 6. The second kappa shape index (κ2) is 8.60. The Labute approximate surface area is 180 Å². The van der Waals surface area contributed by atoms with E-state index in [9.17, 15) is 26.4 Å². The van der Waals surface area contributed by atoms with Crippen LogP contribution in [0.4, 0.5) is 18.9 Å². The molecule has 0 bridgehead atoms. The Morgan fingerprint density at radius 3 is 2.29 bits per heavy atom. The number of hydrogen-bond acceptors (Lipinski definition) is 4. The van der Waals surface area contributed by atoms with Gasteiger partial charge in [0.1, 0.15) is 5.56 Å². The van der Waals surface area contributed by atoms with Gasteiger partial charge >= 0.3 is 6.18 Å². The predicted octanol–water partition coefficient (Wildman–Crippen LogP) is 4.12. The van der Waals surface area contributed by atoms with Crippen molar-refractivity contribution in [2.24, 2.45) is 0 Å². The molecule has 0 radical (unpaired) electrons. The Kier molecular flexibility index (Phi) is 6.27. The summed E-state index contributed by atoms with van der Waals surface area (Å²) in [5.74, 6) is -0.748. The zero-order chi connectivity index (χ0) is 22.8. The Hall–Kier alpha value is -3.05. The monoisotopic (exact) mass is 472 g/mol. The van der Waals surface area contributed by atoms with Crippen molar-refractivity contribution in [2.75, 3.05) is 4.72 Å². The molecule has 0 saturated carbocycles. The second-order valence-corrected chi connectivity index (χ2v) is 8.55. The van der Waals surface area contributed by atoms with Crippen LogP contribution in [0.5, 0.6) is 0 Å². The minimum Gasteiger partial charge on any atom is -0.348 e. The van der Waals surface area contributed by atoms with E-state index in [1.54, 1.807) is 0 Å². The number of aryl methyl sites for hydroxylation is 1. The highest BCUT2D eigenvalue weighted by atomic mass is 35.5. The van der Waals surface area contributed by atoms with Gasteiger partial charge < -0.3 is 5.32 Å². The smallest absolute Gasteiger partial charge is 0.348 e. The van der Waals surface area contributed by atoms with Crippen molar-refractivity contribution in [2.45, 2.75) is 24.7 Å². The number of nitrogens with one attached hydrogen (secondary N) is 3. The molecule has 0 spiro atoms. The maximum absolute atomic E-state index is 12.7. The fraction of sp³-hybridized carbons (Fsp3) is 0.158. The van der Waals surface area contributed by atoms with E-state index < -0.39 is 32.7 Å². The molecule has 0 saturated heterocycles. The minimum absolute atomic E-state index is 0.105. The third kappa shape index (κ3) is 5.36. The lowest BCUT2D eigenvalue weighted by atomic mass is 10.1. The number of carbonyl (C=O) groups excluding carboxylic acids is 1. The van der Waals surface area contributed by atoms with E-state index in [2.05, 4.69) is 20.2 Å². The molecular weight excluding hydrogens is 457 g/mol. The maximum Gasteiger partial charge on any atom is 0.416 e. The highest BCUT2D eigenvalue weighted by molar-refractivity contribution is 7.92. The average Bonchev–Trinajstić information content (AvgIpc) is 3.10. The van der Waals surface area contributed by atoms with E-state index in [1.165, 1.54) is 43.3 Å². The maximum atomic E-state index is 12.7. The van der Waals surface area contributed by atoms with Crippen molar-refractivity contribution in [3.05, 3.63) is 75.9 Å². The van der Waals surface area contributed by atoms with Gasteiger partial charge in [-0.3, -0.25) is 14.6 Å². The van der Waals surface area contributed by atoms with Crippen molar-refractivity contribution in [1.29, 1.82) is 0 Å². The predicted molar refractivity (Wildman–Crippen MR) is 108 cm³/mol. The molecule has 3 rings (SSSR count). The van der Waals surface area contributed by atoms with Crippen molar-refractivity contribution >= 4 is 33.2 Å². The molecular formula is C19H16ClF3N4O3S. The lowest BCUT2D eigenvalue weighted by Gasteiger charge is -2.10. The zero-order valence-corrected chi connectivity index (χ0v) is 17.5. The quantitative estimate of drug-likeness (QED) is 0.502. The number of sulfonamides is 1. The molecule has 1 aromatic heterocycles. The molecule has 1 heterocycles. The molecule has 7 nitrogen and oxygen atoms in total. The van der Waals surface area contributed by atoms with Crippen LogP contribution in [0, 0.1) is 6.92 Å². The van der Waals surface area contributed by atoms with Crippen molar-refractivity contribution in [1.82, 2.24) is 15.5 Å². The lowest BCUT2D eigenvalue weighted by Crippen LogP contribution is -2.26. The van der Waals surface area contributed by atoms with Gasteiger partial charge in [0.05, 0.1) is 5.56 Å². The molecule has 164 valence electrons. The van der Waals surface area contributed by atoms with Crippen LogP contribution >= 0.6 is 11.6 Å². The summed E-state index contributed by atoms with van der Waals surface area (Å²) < 4.78 is 65.7. The summed E-state index contributed by atoms with van der Waals surface area (Å²) in [6.07, 6.45) is -4.46. The van der Waals surface area contributed by atoms with Gasteiger partial charge in [-0.25, -0.2) is 0 Å². The second-order valence-electron chi connectivity index (χ2n) is 6.52. The van der Waals surface area contributed by atoms with E-state index in [4.69, 9.17) is 11.6 Å². The number of anilines is 1. The zero-order valence-electron chi connectivity index (χ0n) is 15.9. The van der Waals surface area contributed by atoms with E-state index >= 15 is 0 Å². The van der Waals surface area contributed by atoms with Gasteiger partial charge in [-0.15, -0.1) is 0 Å². The highest BCUT2D eigenvalue weighted by Gasteiger charge is 2.30. The molecule has 1 amide bonds. The van der Waals surface area contributed by atoms with Gasteiger partial charge in [0.2, 0.25) is 5.03 Å². The Balaban J connectivity index is 1.76. The van der Waals surface area contributed by atoms with Crippen LogP contribution in [0.1, 0.15) is 27.2 Å². The minimum atomic E-state index is -4.46. The van der Waals surface area contributed by atoms with Crippen molar-refractivity contribution in [3.63, 3.8) is 0 Å². The molecule has 12 heteroatoms. The van der Waals surface area contributed by atoms with Gasteiger partial charge in [-0.05, 0) is 48.9 Å². The summed E-state index contributed by atoms with van der Waals surface area (Å²) in [4.78, 5) is 12.6. The molecule has 0 aliphatic heterocycles. The first-order valence-electron chi connectivity index (χ1n) is 8.75. The summed E-state index contributed by atoms with van der Waals surface area (Å²) >= 11 is 5.78. The standard InChI is InChI=1S/C19H16ClF3N4O3S/c1-11-16(17(28)24-10-12-2-4-13(5-3-12)19(21,22)23)18(26-25-11)31(29,30)27-15-8-6-14(20)7-9-15/h2-9,27H,10H2,1H3,(H,24,28)(H,25,26). The molecule has 0 unspecified atom stereocenters. The number of aromatic nitrogens is 2. The van der Waals surface area contributed by atoms with Crippen LogP contribution < -0.4 is 10.0 Å². The molecule has 0 fully saturated rings. The summed E-state index contributed by atoms with van der Waals surface area (Å²) in [6, 6.07) is 10.1. The number of benzene rings is 2. The summed E-state index contributed by atoms with van der Waals surface area (Å²) in [6.45, 7) is 1.37. The summed E-state index contributed by atoms with van der Waals surface area (Å²) in [5, 5.41) is 8.60. The van der Waals surface area contributed by atoms with E-state index in [0.29, 0.717) is 10.6 Å². The van der Waals surface area contributed by atoms with Gasteiger partial charge in [0, 0.05) is 22.9 Å². The first-order chi connectivity index (χ1) is 14.5. The number of aromatic amines is 1. The van der Waals surface area contributed by atoms with Gasteiger partial charge in [0.25, 0.3) is 15.9 Å². The number of halogens is 4. The Morgan fingerprint density at radius 1 is 1.10 bits per heavy atom. The molecule has 0 atom stereocenters. The summed E-state index contributed by atoms with van der Waals surface area (Å²) in [5.41, 5.74) is -0.169. The molecule has 0 aliphatic rings. The van der Waals surface area contributed by atoms with Gasteiger partial charge in [-0.1, -0.05) is 23.7 Å². The van der Waals surface area contributed by atoms with Gasteiger partial charge in [0.15, 0.2) is 0 Å². The average molecular weight is 473 g/mol. The van der Waals surface area contributed by atoms with Crippen molar-refractivity contribution < 1.29 is 26.4 Å². The molecule has 0 aliphatic carbocycles. The topological polar surface area (TPSA) is 104 Å². The molecule has 2 aromatic carbocycles. The third-order valence-corrected chi connectivity index (χ3v) is 5.79. The normalized spacial score (nSPS) is 11.9. The van der Waals surface area contributed by atoms with Crippen LogP contribution in [0.25, 0.3) is 0 Å². The summed E-state index contributed by atoms with van der Waals surface area (Å²) in [7, 11) is -4.21. The molecule has 3 aromatic rings. The first kappa shape index (κ1) is 22.6. The van der Waals surface area contributed by atoms with Crippen LogP contribution in [0.2, 0.25) is 5.02 Å². The number of carbonyl (C=O) groups is 1. The lowest BCUT2D eigenvalue weighted by molar-refractivity contribution is -0.137. The van der Waals surface area contributed by atoms with E-state index in [1.807, 2.05) is 0 Å². The number of nitrogens with zero attached hydrogens (tertiary/aromatic N) is 1. The Morgan fingerprint density at radius 2 is 1.71 bits per heavy atom. The number of amides is 1. The number of alkyl halides is 3. The van der Waals surface area contributed by atoms with Crippen LogP contribution in [0.3, 0.4) is 0 Å². The Bertz CT molecular complexity index is 1190. The first-order valence-corrected chi connectivity index (χ1v) is 10.6. The van der Waals surface area contributed by atoms with Crippen molar-refractivity contribution in [3.8, 4) is 0 Å². The van der Waals surface area contributed by atoms with E-state index in [0.717, 1.165) is 12.1 Å². The highest BCUT2D eigenvalue weighted by Crippen LogP contribution is 2.29. The SMILES string of the molecule is Cc1[nH]nc(S(=O)(=O)Nc2ccc(Cl)cc2)c1C(=O)NCc1ccc(C(F)(F)F)cc1. The van der Waals surface area contributed by atoms with Crippen LogP contribution in [-0.4, -0.2) is 24.5 Å². The molecule has 3 N–H and O–H groups in total.